The number of aliphatic hydroxyl groups excluding tert-OH is 1. The van der Waals surface area contributed by atoms with Crippen LogP contribution in [-0.4, -0.2) is 42.3 Å². The van der Waals surface area contributed by atoms with Crippen LogP contribution in [0.15, 0.2) is 47.3 Å². The van der Waals surface area contributed by atoms with Crippen LogP contribution in [-0.2, 0) is 16.8 Å². The van der Waals surface area contributed by atoms with Crippen LogP contribution in [0.4, 0.5) is 8.78 Å². The Balaban J connectivity index is 1.55. The lowest BCUT2D eigenvalue weighted by Crippen LogP contribution is -2.47. The molecule has 5 rings (SSSR count). The number of rotatable bonds is 6. The number of carbonyl (C=O) groups excluding carboxylic acids is 1. The van der Waals surface area contributed by atoms with Crippen LogP contribution < -0.4 is 5.32 Å². The van der Waals surface area contributed by atoms with E-state index in [9.17, 15) is 18.7 Å². The highest BCUT2D eigenvalue weighted by atomic mass is 19.1. The summed E-state index contributed by atoms with van der Waals surface area (Å²) >= 11 is 0. The molecule has 4 aromatic rings. The minimum Gasteiger partial charge on any atom is -0.443 e. The number of hydrogen-bond donors (Lipinski definition) is 2. The van der Waals surface area contributed by atoms with Gasteiger partial charge in [0.15, 0.2) is 0 Å². The molecule has 1 aromatic carbocycles. The van der Waals surface area contributed by atoms with E-state index >= 15 is 0 Å². The Labute approximate surface area is 230 Å². The highest BCUT2D eigenvalue weighted by molar-refractivity contribution is 5.79. The highest BCUT2D eigenvalue weighted by Gasteiger charge is 2.52. The van der Waals surface area contributed by atoms with Crippen molar-refractivity contribution in [2.45, 2.75) is 65.0 Å². The van der Waals surface area contributed by atoms with Crippen LogP contribution in [0.5, 0.6) is 0 Å². The van der Waals surface area contributed by atoms with Gasteiger partial charge in [0.1, 0.15) is 29.7 Å². The number of carbonyl (C=O) groups is 1. The maximum Gasteiger partial charge on any atom is 0.248 e. The van der Waals surface area contributed by atoms with Crippen molar-refractivity contribution in [3.05, 3.63) is 77.2 Å². The topological polar surface area (TPSA) is 127 Å². The molecule has 1 amide bonds. The molecule has 0 aliphatic heterocycles. The number of oxazole rings is 1. The molecule has 1 aliphatic rings. The largest absolute Gasteiger partial charge is 0.443 e. The molecular formula is C29H30F2N6O3. The van der Waals surface area contributed by atoms with Gasteiger partial charge in [-0.3, -0.25) is 9.78 Å². The molecular weight excluding hydrogens is 518 g/mol. The van der Waals surface area contributed by atoms with E-state index in [1.807, 2.05) is 6.92 Å². The van der Waals surface area contributed by atoms with E-state index in [1.54, 1.807) is 12.3 Å². The smallest absolute Gasteiger partial charge is 0.248 e. The van der Waals surface area contributed by atoms with Crippen molar-refractivity contribution in [3.63, 3.8) is 0 Å². The van der Waals surface area contributed by atoms with Crippen molar-refractivity contribution >= 4 is 5.91 Å². The molecule has 3 heterocycles. The van der Waals surface area contributed by atoms with E-state index in [2.05, 4.69) is 46.3 Å². The minimum atomic E-state index is -1.14. The lowest BCUT2D eigenvalue weighted by Gasteiger charge is -2.49. The summed E-state index contributed by atoms with van der Waals surface area (Å²) < 4.78 is 34.7. The van der Waals surface area contributed by atoms with E-state index in [0.29, 0.717) is 22.8 Å². The van der Waals surface area contributed by atoms with E-state index in [4.69, 9.17) is 9.40 Å². The number of aliphatic hydroxyl groups is 1. The van der Waals surface area contributed by atoms with E-state index in [1.165, 1.54) is 37.6 Å². The normalized spacial score (nSPS) is 20.6. The zero-order chi connectivity index (χ0) is 28.8. The molecule has 3 aromatic heterocycles. The number of nitrogens with one attached hydrogen (secondary N) is 1. The van der Waals surface area contributed by atoms with Gasteiger partial charge in [-0.25, -0.2) is 18.7 Å². The fourth-order valence-electron chi connectivity index (χ4n) is 5.44. The molecule has 40 heavy (non-hydrogen) atoms. The second-order valence-corrected chi connectivity index (χ2v) is 11.1. The first-order valence-corrected chi connectivity index (χ1v) is 13.0. The van der Waals surface area contributed by atoms with Crippen molar-refractivity contribution in [3.8, 4) is 22.8 Å². The number of amides is 1. The number of halogens is 2. The Hall–Kier alpha value is -4.12. The van der Waals surface area contributed by atoms with Crippen molar-refractivity contribution in [2.75, 3.05) is 0 Å². The van der Waals surface area contributed by atoms with Crippen LogP contribution in [0.2, 0.25) is 0 Å². The molecule has 0 saturated heterocycles. The second kappa shape index (κ2) is 10.1. The first-order valence-electron chi connectivity index (χ1n) is 13.0. The van der Waals surface area contributed by atoms with Gasteiger partial charge < -0.3 is 14.8 Å². The monoisotopic (exact) mass is 548 g/mol. The number of aromatic nitrogens is 5. The van der Waals surface area contributed by atoms with E-state index < -0.39 is 29.1 Å². The Bertz CT molecular complexity index is 1570. The SMILES string of the molecule is C[C@@H]1CC(C)(C)[C@@](C)(c2cncc(-c3nc(CNC(=O)[C@@H](C)O)co3)n2)c2nnc(-c3c(F)cccc3F)cc21. The van der Waals surface area contributed by atoms with Gasteiger partial charge in [-0.2, -0.15) is 5.10 Å². The summed E-state index contributed by atoms with van der Waals surface area (Å²) in [6.07, 6.45) is 4.23. The average Bonchev–Trinajstić information content (AvgIpc) is 3.39. The fourth-order valence-corrected chi connectivity index (χ4v) is 5.44. The predicted molar refractivity (Wildman–Crippen MR) is 142 cm³/mol. The number of fused-ring (bicyclic) bond motifs is 1. The van der Waals surface area contributed by atoms with E-state index in [-0.39, 0.29) is 35.0 Å². The van der Waals surface area contributed by atoms with Crippen molar-refractivity contribution in [1.82, 2.24) is 30.5 Å². The van der Waals surface area contributed by atoms with Gasteiger partial charge in [0, 0.05) is 6.20 Å². The molecule has 0 bridgehead atoms. The van der Waals surface area contributed by atoms with Crippen LogP contribution in [0.3, 0.4) is 0 Å². The molecule has 2 N–H and O–H groups in total. The molecule has 11 heteroatoms. The molecule has 0 saturated carbocycles. The maximum atomic E-state index is 14.6. The summed E-state index contributed by atoms with van der Waals surface area (Å²) in [6.45, 7) is 9.80. The third kappa shape index (κ3) is 4.64. The van der Waals surface area contributed by atoms with Crippen molar-refractivity contribution in [2.24, 2.45) is 5.41 Å². The van der Waals surface area contributed by atoms with Gasteiger partial charge in [0.25, 0.3) is 0 Å². The Morgan fingerprint density at radius 3 is 2.58 bits per heavy atom. The summed E-state index contributed by atoms with van der Waals surface area (Å²) in [6, 6.07) is 5.44. The molecule has 3 atom stereocenters. The van der Waals surface area contributed by atoms with Crippen molar-refractivity contribution in [1.29, 1.82) is 0 Å². The van der Waals surface area contributed by atoms with Gasteiger partial charge in [-0.15, -0.1) is 5.10 Å². The average molecular weight is 549 g/mol. The van der Waals surface area contributed by atoms with Gasteiger partial charge in [0.2, 0.25) is 11.8 Å². The zero-order valence-corrected chi connectivity index (χ0v) is 22.9. The van der Waals surface area contributed by atoms with Crippen LogP contribution in [0, 0.1) is 17.0 Å². The van der Waals surface area contributed by atoms with Crippen LogP contribution in [0.1, 0.15) is 69.6 Å². The lowest BCUT2D eigenvalue weighted by atomic mass is 9.54. The first kappa shape index (κ1) is 27.4. The third-order valence-electron chi connectivity index (χ3n) is 7.96. The minimum absolute atomic E-state index is 0.0458. The van der Waals surface area contributed by atoms with Crippen LogP contribution in [0.25, 0.3) is 22.8 Å². The summed E-state index contributed by atoms with van der Waals surface area (Å²) in [5.74, 6) is -1.65. The molecule has 9 nitrogen and oxygen atoms in total. The predicted octanol–water partition coefficient (Wildman–Crippen LogP) is 4.70. The molecule has 208 valence electrons. The molecule has 0 radical (unpaired) electrons. The molecule has 0 fully saturated rings. The third-order valence-corrected chi connectivity index (χ3v) is 7.96. The fraction of sp³-hybridized carbons (Fsp3) is 0.379. The second-order valence-electron chi connectivity index (χ2n) is 11.1. The lowest BCUT2D eigenvalue weighted by molar-refractivity contribution is -0.128. The van der Waals surface area contributed by atoms with Gasteiger partial charge in [-0.1, -0.05) is 26.8 Å². The van der Waals surface area contributed by atoms with Crippen molar-refractivity contribution < 1.29 is 23.1 Å². The highest BCUT2D eigenvalue weighted by Crippen LogP contribution is 2.56. The first-order chi connectivity index (χ1) is 18.9. The molecule has 0 unspecified atom stereocenters. The molecule has 1 aliphatic carbocycles. The number of nitrogens with zero attached hydrogens (tertiary/aromatic N) is 5. The Kier molecular flexibility index (Phi) is 6.95. The summed E-state index contributed by atoms with van der Waals surface area (Å²) in [5, 5.41) is 20.8. The van der Waals surface area contributed by atoms with E-state index in [0.717, 1.165) is 12.0 Å². The zero-order valence-electron chi connectivity index (χ0n) is 22.9. The quantitative estimate of drug-likeness (QED) is 0.355. The summed E-state index contributed by atoms with van der Waals surface area (Å²) in [7, 11) is 0. The Morgan fingerprint density at radius 1 is 1.15 bits per heavy atom. The number of benzene rings is 1. The molecule has 0 spiro atoms. The standard InChI is InChI=1S/C29H30F2N6O3/c1-15-10-28(3,4)29(5,25-18(15)9-21(36-37-25)24-19(30)7-6-8-20(24)31)23-13-32-12-22(35-23)27-34-17(14-40-27)11-33-26(39)16(2)38/h6-9,12-16,38H,10-11H2,1-5H3,(H,33,39)/t15-,16-,29+/m1/s1. The Morgan fingerprint density at radius 2 is 1.88 bits per heavy atom. The summed E-state index contributed by atoms with van der Waals surface area (Å²) in [4.78, 5) is 25.4. The van der Waals surface area contributed by atoms with Crippen LogP contribution >= 0.6 is 0 Å². The van der Waals surface area contributed by atoms with Gasteiger partial charge in [0.05, 0.1) is 46.5 Å². The maximum absolute atomic E-state index is 14.6. The number of hydrogen-bond acceptors (Lipinski definition) is 8. The summed E-state index contributed by atoms with van der Waals surface area (Å²) in [5.41, 5.74) is 1.78. The van der Waals surface area contributed by atoms with Gasteiger partial charge >= 0.3 is 0 Å². The van der Waals surface area contributed by atoms with Gasteiger partial charge in [-0.05, 0) is 55.4 Å².